The Labute approximate surface area is 96.5 Å². The molecule has 1 unspecified atom stereocenters. The fraction of sp³-hybridized carbons (Fsp3) is 0.538. The van der Waals surface area contributed by atoms with Crippen molar-refractivity contribution in [2.24, 2.45) is 0 Å². The van der Waals surface area contributed by atoms with Gasteiger partial charge in [-0.05, 0) is 25.0 Å². The van der Waals surface area contributed by atoms with Gasteiger partial charge in [0, 0.05) is 11.6 Å². The van der Waals surface area contributed by atoms with Gasteiger partial charge in [0.05, 0.1) is 6.61 Å². The number of hydrogen-bond acceptors (Lipinski definition) is 2. The van der Waals surface area contributed by atoms with Crippen molar-refractivity contribution < 1.29 is 9.50 Å². The van der Waals surface area contributed by atoms with Crippen LogP contribution in [-0.2, 0) is 6.42 Å². The molecular weight excluding hydrogens is 205 g/mol. The average molecular weight is 225 g/mol. The monoisotopic (exact) mass is 225 g/mol. The van der Waals surface area contributed by atoms with Crippen LogP contribution in [0, 0.1) is 5.82 Å². The highest BCUT2D eigenvalue weighted by molar-refractivity contribution is 5.20. The van der Waals surface area contributed by atoms with Crippen LogP contribution in [0.1, 0.15) is 26.3 Å². The first-order chi connectivity index (χ1) is 7.47. The smallest absolute Gasteiger partial charge is 0.126 e. The van der Waals surface area contributed by atoms with Crippen LogP contribution >= 0.6 is 0 Å². The molecular formula is C13H20FNO. The van der Waals surface area contributed by atoms with Crippen molar-refractivity contribution in [3.05, 3.63) is 35.6 Å². The van der Waals surface area contributed by atoms with Crippen LogP contribution in [0.25, 0.3) is 0 Å². The number of aliphatic hydroxyl groups is 1. The number of rotatable bonds is 5. The first-order valence-electron chi connectivity index (χ1n) is 5.59. The minimum absolute atomic E-state index is 0.0144. The van der Waals surface area contributed by atoms with Crippen molar-refractivity contribution in [1.82, 2.24) is 5.32 Å². The summed E-state index contributed by atoms with van der Waals surface area (Å²) < 4.78 is 13.5. The Morgan fingerprint density at radius 3 is 2.50 bits per heavy atom. The lowest BCUT2D eigenvalue weighted by molar-refractivity contribution is 0.164. The van der Waals surface area contributed by atoms with Gasteiger partial charge >= 0.3 is 0 Å². The Balaban J connectivity index is 2.81. The molecule has 0 aliphatic carbocycles. The molecule has 0 amide bonds. The van der Waals surface area contributed by atoms with Gasteiger partial charge < -0.3 is 10.4 Å². The Morgan fingerprint density at radius 1 is 1.38 bits per heavy atom. The quantitative estimate of drug-likeness (QED) is 0.804. The number of benzene rings is 1. The van der Waals surface area contributed by atoms with Gasteiger partial charge in [0.25, 0.3) is 0 Å². The van der Waals surface area contributed by atoms with Crippen LogP contribution < -0.4 is 5.32 Å². The highest BCUT2D eigenvalue weighted by atomic mass is 19.1. The summed E-state index contributed by atoms with van der Waals surface area (Å²) in [5.74, 6) is -0.215. The van der Waals surface area contributed by atoms with Crippen LogP contribution in [0.2, 0.25) is 0 Å². The van der Waals surface area contributed by atoms with Crippen LogP contribution in [0.4, 0.5) is 4.39 Å². The minimum Gasteiger partial charge on any atom is -0.394 e. The van der Waals surface area contributed by atoms with E-state index in [-0.39, 0.29) is 18.5 Å². The molecule has 0 spiro atoms. The molecule has 3 heteroatoms. The predicted octanol–water partition coefficient (Wildman–Crippen LogP) is 2.12. The van der Waals surface area contributed by atoms with E-state index in [0.29, 0.717) is 12.0 Å². The Kier molecular flexibility index (Phi) is 4.44. The molecule has 1 aromatic rings. The maximum atomic E-state index is 13.5. The Hall–Kier alpha value is -0.930. The molecule has 1 atom stereocenters. The molecule has 0 heterocycles. The molecule has 0 bridgehead atoms. The SMILES string of the molecule is CC(C)NC(C)(CO)Cc1ccccc1F. The van der Waals surface area contributed by atoms with Crippen molar-refractivity contribution in [2.45, 2.75) is 38.8 Å². The standard InChI is InChI=1S/C13H20FNO/c1-10(2)15-13(3,9-16)8-11-6-4-5-7-12(11)14/h4-7,10,15-16H,8-9H2,1-3H3. The highest BCUT2D eigenvalue weighted by Gasteiger charge is 2.25. The number of hydrogen-bond donors (Lipinski definition) is 2. The van der Waals surface area contributed by atoms with Gasteiger partial charge in [-0.3, -0.25) is 0 Å². The van der Waals surface area contributed by atoms with E-state index >= 15 is 0 Å². The van der Waals surface area contributed by atoms with Gasteiger partial charge in [-0.15, -0.1) is 0 Å². The molecule has 1 rings (SSSR count). The molecule has 1 aromatic carbocycles. The van der Waals surface area contributed by atoms with Crippen molar-refractivity contribution in [2.75, 3.05) is 6.61 Å². The van der Waals surface area contributed by atoms with Gasteiger partial charge in [-0.2, -0.15) is 0 Å². The van der Waals surface area contributed by atoms with Gasteiger partial charge in [-0.1, -0.05) is 32.0 Å². The molecule has 16 heavy (non-hydrogen) atoms. The second-order valence-corrected chi connectivity index (χ2v) is 4.79. The van der Waals surface area contributed by atoms with Crippen LogP contribution in [-0.4, -0.2) is 23.3 Å². The van der Waals surface area contributed by atoms with E-state index in [2.05, 4.69) is 5.32 Å². The minimum atomic E-state index is -0.476. The topological polar surface area (TPSA) is 32.3 Å². The van der Waals surface area contributed by atoms with Crippen LogP contribution in [0.15, 0.2) is 24.3 Å². The molecule has 0 aromatic heterocycles. The lowest BCUT2D eigenvalue weighted by Gasteiger charge is -2.31. The third-order valence-electron chi connectivity index (χ3n) is 2.52. The molecule has 0 fully saturated rings. The summed E-state index contributed by atoms with van der Waals surface area (Å²) in [5.41, 5.74) is 0.156. The Bertz CT molecular complexity index is 340. The molecule has 0 aliphatic rings. The normalized spacial score (nSPS) is 15.1. The fourth-order valence-electron chi connectivity index (χ4n) is 1.91. The Morgan fingerprint density at radius 2 is 2.00 bits per heavy atom. The van der Waals surface area contributed by atoms with Gasteiger partial charge in [0.2, 0.25) is 0 Å². The molecule has 0 saturated carbocycles. The summed E-state index contributed by atoms with van der Waals surface area (Å²) in [6, 6.07) is 6.94. The van der Waals surface area contributed by atoms with Crippen molar-refractivity contribution in [1.29, 1.82) is 0 Å². The third kappa shape index (κ3) is 3.58. The van der Waals surface area contributed by atoms with E-state index in [9.17, 15) is 9.50 Å². The highest BCUT2D eigenvalue weighted by Crippen LogP contribution is 2.16. The molecule has 2 N–H and O–H groups in total. The summed E-state index contributed by atoms with van der Waals surface area (Å²) in [6.45, 7) is 5.91. The third-order valence-corrected chi connectivity index (χ3v) is 2.52. The first-order valence-corrected chi connectivity index (χ1v) is 5.59. The van der Waals surface area contributed by atoms with E-state index in [1.165, 1.54) is 6.07 Å². The maximum absolute atomic E-state index is 13.5. The van der Waals surface area contributed by atoms with Gasteiger partial charge in [-0.25, -0.2) is 4.39 Å². The van der Waals surface area contributed by atoms with Crippen molar-refractivity contribution in [3.8, 4) is 0 Å². The molecule has 0 aliphatic heterocycles. The van der Waals surface area contributed by atoms with Crippen LogP contribution in [0.5, 0.6) is 0 Å². The largest absolute Gasteiger partial charge is 0.394 e. The zero-order valence-electron chi connectivity index (χ0n) is 10.1. The van der Waals surface area contributed by atoms with E-state index in [0.717, 1.165) is 0 Å². The van der Waals surface area contributed by atoms with E-state index in [4.69, 9.17) is 0 Å². The van der Waals surface area contributed by atoms with Crippen molar-refractivity contribution in [3.63, 3.8) is 0 Å². The summed E-state index contributed by atoms with van der Waals surface area (Å²) in [5, 5.41) is 12.7. The summed E-state index contributed by atoms with van der Waals surface area (Å²) >= 11 is 0. The molecule has 0 radical (unpaired) electrons. The van der Waals surface area contributed by atoms with E-state index < -0.39 is 5.54 Å². The number of nitrogens with one attached hydrogen (secondary N) is 1. The van der Waals surface area contributed by atoms with E-state index in [1.807, 2.05) is 26.8 Å². The molecule has 90 valence electrons. The zero-order valence-corrected chi connectivity index (χ0v) is 10.1. The lowest BCUT2D eigenvalue weighted by atomic mass is 9.92. The van der Waals surface area contributed by atoms with Crippen molar-refractivity contribution >= 4 is 0 Å². The van der Waals surface area contributed by atoms with Crippen LogP contribution in [0.3, 0.4) is 0 Å². The predicted molar refractivity (Wildman–Crippen MR) is 63.9 cm³/mol. The fourth-order valence-corrected chi connectivity index (χ4v) is 1.91. The first kappa shape index (κ1) is 13.1. The second-order valence-electron chi connectivity index (χ2n) is 4.79. The second kappa shape index (κ2) is 5.41. The van der Waals surface area contributed by atoms with E-state index in [1.54, 1.807) is 12.1 Å². The summed E-state index contributed by atoms with van der Waals surface area (Å²) in [7, 11) is 0. The molecule has 2 nitrogen and oxygen atoms in total. The van der Waals surface area contributed by atoms with Gasteiger partial charge in [0.1, 0.15) is 5.82 Å². The summed E-state index contributed by atoms with van der Waals surface area (Å²) in [4.78, 5) is 0. The zero-order chi connectivity index (χ0) is 12.2. The lowest BCUT2D eigenvalue weighted by Crippen LogP contribution is -2.50. The molecule has 0 saturated heterocycles. The number of halogens is 1. The maximum Gasteiger partial charge on any atom is 0.126 e. The van der Waals surface area contributed by atoms with Gasteiger partial charge in [0.15, 0.2) is 0 Å². The average Bonchev–Trinajstić information content (AvgIpc) is 2.20. The number of aliphatic hydroxyl groups excluding tert-OH is 1. The summed E-state index contributed by atoms with van der Waals surface area (Å²) in [6.07, 6.45) is 0.481.